The summed E-state index contributed by atoms with van der Waals surface area (Å²) in [6, 6.07) is 2.00. The molecule has 1 aliphatic carbocycles. The first kappa shape index (κ1) is 30.4. The zero-order chi connectivity index (χ0) is 30.4. The third-order valence-corrected chi connectivity index (χ3v) is 8.25. The molecule has 2 aromatic rings. The summed E-state index contributed by atoms with van der Waals surface area (Å²) in [5.41, 5.74) is 0.483. The molecule has 2 saturated heterocycles. The van der Waals surface area contributed by atoms with Crippen LogP contribution in [0.4, 0.5) is 21.2 Å². The van der Waals surface area contributed by atoms with Crippen molar-refractivity contribution >= 4 is 29.5 Å². The van der Waals surface area contributed by atoms with E-state index in [1.807, 2.05) is 58.7 Å². The fourth-order valence-electron chi connectivity index (χ4n) is 6.44. The van der Waals surface area contributed by atoms with E-state index in [2.05, 4.69) is 19.2 Å². The largest absolute Gasteiger partial charge is 0.444 e. The number of amides is 2. The highest BCUT2D eigenvalue weighted by Gasteiger charge is 2.50. The minimum atomic E-state index is -0.686. The fraction of sp³-hybridized carbons (Fsp3) is 0.742. The van der Waals surface area contributed by atoms with Gasteiger partial charge in [0.25, 0.3) is 0 Å². The molecular formula is C31H48N6O5. The highest BCUT2D eigenvalue weighted by Crippen LogP contribution is 2.43. The van der Waals surface area contributed by atoms with E-state index in [0.29, 0.717) is 37.9 Å². The summed E-state index contributed by atoms with van der Waals surface area (Å²) >= 11 is 0. The maximum atomic E-state index is 14.2. The molecule has 2 atom stereocenters. The maximum Gasteiger partial charge on any atom is 0.416 e. The van der Waals surface area contributed by atoms with Crippen molar-refractivity contribution in [2.75, 3.05) is 36.5 Å². The predicted octanol–water partition coefficient (Wildman–Crippen LogP) is 5.83. The minimum Gasteiger partial charge on any atom is -0.444 e. The Bertz CT molecular complexity index is 1280. The van der Waals surface area contributed by atoms with Crippen LogP contribution in [0.1, 0.15) is 92.6 Å². The molecule has 2 aliphatic heterocycles. The summed E-state index contributed by atoms with van der Waals surface area (Å²) in [5.74, 6) is 1.67. The Balaban J connectivity index is 1.56. The number of hydrogen-bond donors (Lipinski definition) is 1. The Hall–Kier alpha value is -3.08. The normalized spacial score (nSPS) is 23.4. The van der Waals surface area contributed by atoms with E-state index in [-0.39, 0.29) is 35.9 Å². The van der Waals surface area contributed by atoms with Gasteiger partial charge in [-0.2, -0.15) is 9.61 Å². The van der Waals surface area contributed by atoms with Gasteiger partial charge in [0.15, 0.2) is 5.65 Å². The van der Waals surface area contributed by atoms with Crippen LogP contribution in [0.3, 0.4) is 0 Å². The summed E-state index contributed by atoms with van der Waals surface area (Å²) in [7, 11) is 0. The zero-order valence-electron chi connectivity index (χ0n) is 26.5. The molecule has 232 valence electrons. The van der Waals surface area contributed by atoms with Crippen LogP contribution < -0.4 is 10.2 Å². The number of fused-ring (bicyclic) bond motifs is 3. The summed E-state index contributed by atoms with van der Waals surface area (Å²) in [5, 5.41) is 8.36. The number of nitrogens with zero attached hydrogens (tertiary/aromatic N) is 5. The average Bonchev–Trinajstić information content (AvgIpc) is 3.40. The SMILES string of the molecule is CC(C)c1cnn2c(N(C(=O)OC(C)(C)C)C3C4CCC3CN(C(=O)OC(C)(C)C)C4)cc(NC3CCOCC3)nc12. The molecule has 3 fully saturated rings. The molecule has 0 aromatic carbocycles. The molecule has 3 aliphatic rings. The van der Waals surface area contributed by atoms with Crippen LogP contribution in [0.2, 0.25) is 0 Å². The van der Waals surface area contributed by atoms with Gasteiger partial charge in [0.1, 0.15) is 22.8 Å². The summed E-state index contributed by atoms with van der Waals surface area (Å²) in [6.07, 6.45) is 4.73. The molecule has 0 radical (unpaired) electrons. The number of aromatic nitrogens is 3. The number of rotatable bonds is 5. The third kappa shape index (κ3) is 6.61. The van der Waals surface area contributed by atoms with Crippen molar-refractivity contribution < 1.29 is 23.8 Å². The van der Waals surface area contributed by atoms with Gasteiger partial charge in [-0.15, -0.1) is 0 Å². The van der Waals surface area contributed by atoms with E-state index in [4.69, 9.17) is 24.3 Å². The molecule has 2 unspecified atom stereocenters. The molecular weight excluding hydrogens is 536 g/mol. The van der Waals surface area contributed by atoms with Crippen molar-refractivity contribution in [1.29, 1.82) is 0 Å². The van der Waals surface area contributed by atoms with Crippen molar-refractivity contribution in [3.8, 4) is 0 Å². The number of nitrogens with one attached hydrogen (secondary N) is 1. The number of carbonyl (C=O) groups excluding carboxylic acids is 2. The summed E-state index contributed by atoms with van der Waals surface area (Å²) in [4.78, 5) is 35.8. The van der Waals surface area contributed by atoms with Crippen LogP contribution in [0.15, 0.2) is 12.3 Å². The number of likely N-dealkylation sites (tertiary alicyclic amines) is 1. The standard InChI is InChI=1S/C31H48N6O5/c1-19(2)23-16-32-37-25(15-24(34-27(23)37)33-22-11-13-40-14-12-22)36(29(39)42-31(6,7)8)26-20-9-10-21(26)18-35(17-20)28(38)41-30(3,4)5/h15-16,19-22,26H,9-14,17-18H2,1-8H3,(H,33,34). The first-order chi connectivity index (χ1) is 19.7. The van der Waals surface area contributed by atoms with Crippen LogP contribution >= 0.6 is 0 Å². The summed E-state index contributed by atoms with van der Waals surface area (Å²) in [6.45, 7) is 18.0. The second kappa shape index (κ2) is 11.5. The van der Waals surface area contributed by atoms with Gasteiger partial charge in [0, 0.05) is 44.0 Å². The molecule has 0 spiro atoms. The molecule has 2 bridgehead atoms. The second-order valence-corrected chi connectivity index (χ2v) is 14.3. The number of ether oxygens (including phenoxy) is 3. The lowest BCUT2D eigenvalue weighted by atomic mass is 9.91. The van der Waals surface area contributed by atoms with Crippen molar-refractivity contribution in [3.05, 3.63) is 17.8 Å². The Morgan fingerprint density at radius 1 is 1.00 bits per heavy atom. The first-order valence-electron chi connectivity index (χ1n) is 15.4. The maximum absolute atomic E-state index is 14.2. The molecule has 1 N–H and O–H groups in total. The Morgan fingerprint density at radius 2 is 1.62 bits per heavy atom. The first-order valence-corrected chi connectivity index (χ1v) is 15.4. The lowest BCUT2D eigenvalue weighted by Crippen LogP contribution is -2.57. The van der Waals surface area contributed by atoms with Crippen molar-refractivity contribution in [1.82, 2.24) is 19.5 Å². The monoisotopic (exact) mass is 584 g/mol. The van der Waals surface area contributed by atoms with Crippen LogP contribution in [-0.2, 0) is 14.2 Å². The lowest BCUT2D eigenvalue weighted by Gasteiger charge is -2.43. The van der Waals surface area contributed by atoms with Crippen LogP contribution in [-0.4, -0.2) is 81.3 Å². The Labute approximate surface area is 249 Å². The van der Waals surface area contributed by atoms with Gasteiger partial charge in [0.05, 0.1) is 12.2 Å². The van der Waals surface area contributed by atoms with E-state index in [1.165, 1.54) is 0 Å². The van der Waals surface area contributed by atoms with Gasteiger partial charge in [-0.25, -0.2) is 14.6 Å². The van der Waals surface area contributed by atoms with Crippen LogP contribution in [0.5, 0.6) is 0 Å². The quantitative estimate of drug-likeness (QED) is 0.467. The van der Waals surface area contributed by atoms with Crippen molar-refractivity contribution in [2.45, 2.75) is 110 Å². The average molecular weight is 585 g/mol. The Morgan fingerprint density at radius 3 is 2.19 bits per heavy atom. The van der Waals surface area contributed by atoms with Gasteiger partial charge in [-0.05, 0) is 85.0 Å². The second-order valence-electron chi connectivity index (χ2n) is 14.3. The van der Waals surface area contributed by atoms with E-state index >= 15 is 0 Å². The fourth-order valence-corrected chi connectivity index (χ4v) is 6.44. The number of carbonyl (C=O) groups is 2. The van der Waals surface area contributed by atoms with Gasteiger partial charge < -0.3 is 24.4 Å². The van der Waals surface area contributed by atoms with E-state index in [0.717, 1.165) is 36.9 Å². The number of anilines is 2. The molecule has 1 saturated carbocycles. The molecule has 2 aromatic heterocycles. The lowest BCUT2D eigenvalue weighted by molar-refractivity contribution is 0.0119. The molecule has 42 heavy (non-hydrogen) atoms. The summed E-state index contributed by atoms with van der Waals surface area (Å²) < 4.78 is 19.1. The highest BCUT2D eigenvalue weighted by molar-refractivity contribution is 5.89. The van der Waals surface area contributed by atoms with Gasteiger partial charge >= 0.3 is 12.2 Å². The smallest absolute Gasteiger partial charge is 0.416 e. The molecule has 4 heterocycles. The highest BCUT2D eigenvalue weighted by atomic mass is 16.6. The molecule has 11 heteroatoms. The third-order valence-electron chi connectivity index (χ3n) is 8.25. The van der Waals surface area contributed by atoms with Crippen LogP contribution in [0.25, 0.3) is 5.65 Å². The van der Waals surface area contributed by atoms with Crippen molar-refractivity contribution in [2.24, 2.45) is 11.8 Å². The van der Waals surface area contributed by atoms with E-state index in [1.54, 1.807) is 9.42 Å². The van der Waals surface area contributed by atoms with E-state index in [9.17, 15) is 9.59 Å². The minimum absolute atomic E-state index is 0.0686. The van der Waals surface area contributed by atoms with Crippen molar-refractivity contribution in [3.63, 3.8) is 0 Å². The van der Waals surface area contributed by atoms with Gasteiger partial charge in [0.2, 0.25) is 0 Å². The Kier molecular flexibility index (Phi) is 8.35. The van der Waals surface area contributed by atoms with Gasteiger partial charge in [-0.3, -0.25) is 4.90 Å². The predicted molar refractivity (Wildman–Crippen MR) is 161 cm³/mol. The van der Waals surface area contributed by atoms with Gasteiger partial charge in [-0.1, -0.05) is 13.8 Å². The topological polar surface area (TPSA) is 111 Å². The molecule has 5 rings (SSSR count). The number of hydrogen-bond acceptors (Lipinski definition) is 8. The molecule has 2 amide bonds. The van der Waals surface area contributed by atoms with Crippen LogP contribution in [0, 0.1) is 11.8 Å². The zero-order valence-corrected chi connectivity index (χ0v) is 26.5. The molecule has 11 nitrogen and oxygen atoms in total. The number of piperidine rings is 1. The van der Waals surface area contributed by atoms with E-state index < -0.39 is 17.3 Å².